The highest BCUT2D eigenvalue weighted by Gasteiger charge is 2.22. The monoisotopic (exact) mass is 246 g/mol. The van der Waals surface area contributed by atoms with Gasteiger partial charge in [-0.3, -0.25) is 0 Å². The van der Waals surface area contributed by atoms with Gasteiger partial charge in [-0.05, 0) is 26.0 Å². The molecule has 0 aromatic heterocycles. The summed E-state index contributed by atoms with van der Waals surface area (Å²) in [6, 6.07) is 7.83. The Balaban J connectivity index is 2.42. The minimum absolute atomic E-state index is 0.255. The number of morpholine rings is 1. The van der Waals surface area contributed by atoms with Crippen molar-refractivity contribution >= 4 is 5.69 Å². The maximum absolute atomic E-state index is 9.84. The van der Waals surface area contributed by atoms with Crippen LogP contribution in [0.3, 0.4) is 0 Å². The Morgan fingerprint density at radius 1 is 1.56 bits per heavy atom. The molecule has 0 aliphatic carbocycles. The summed E-state index contributed by atoms with van der Waals surface area (Å²) in [4.78, 5) is 2.20. The molecule has 1 fully saturated rings. The standard InChI is InChI=1S/C14H18N2O2/c1-10-9-18-6-5-16(10)14-7-12(8-15)3-4-13(14)11(2)17/h3-4,7,10-11,17H,5-6,9H2,1-2H3. The second kappa shape index (κ2) is 5.38. The van der Waals surface area contributed by atoms with Gasteiger partial charge < -0.3 is 14.7 Å². The maximum atomic E-state index is 9.84. The van der Waals surface area contributed by atoms with Gasteiger partial charge in [0.1, 0.15) is 0 Å². The van der Waals surface area contributed by atoms with Crippen molar-refractivity contribution in [1.29, 1.82) is 5.26 Å². The van der Waals surface area contributed by atoms with Gasteiger partial charge in [0.05, 0.1) is 31.0 Å². The molecule has 1 aromatic carbocycles. The lowest BCUT2D eigenvalue weighted by atomic mass is 10.0. The third-order valence-corrected chi connectivity index (χ3v) is 3.29. The van der Waals surface area contributed by atoms with E-state index >= 15 is 0 Å². The van der Waals surface area contributed by atoms with Crippen LogP contribution in [0.1, 0.15) is 31.1 Å². The van der Waals surface area contributed by atoms with Crippen molar-refractivity contribution < 1.29 is 9.84 Å². The molecule has 0 radical (unpaired) electrons. The molecule has 0 amide bonds. The van der Waals surface area contributed by atoms with Crippen molar-refractivity contribution in [2.24, 2.45) is 0 Å². The number of hydrogen-bond donors (Lipinski definition) is 1. The Bertz CT molecular complexity index is 465. The van der Waals surface area contributed by atoms with Crippen molar-refractivity contribution in [3.63, 3.8) is 0 Å². The predicted octanol–water partition coefficient (Wildman–Crippen LogP) is 1.84. The molecule has 2 atom stereocenters. The second-order valence-corrected chi connectivity index (χ2v) is 4.68. The summed E-state index contributed by atoms with van der Waals surface area (Å²) < 4.78 is 5.42. The lowest BCUT2D eigenvalue weighted by Gasteiger charge is -2.37. The SMILES string of the molecule is CC(O)c1ccc(C#N)cc1N1CCOCC1C. The quantitative estimate of drug-likeness (QED) is 0.865. The highest BCUT2D eigenvalue weighted by atomic mass is 16.5. The molecular weight excluding hydrogens is 228 g/mol. The van der Waals surface area contributed by atoms with Gasteiger partial charge in [-0.1, -0.05) is 6.07 Å². The number of hydrogen-bond acceptors (Lipinski definition) is 4. The molecular formula is C14H18N2O2. The smallest absolute Gasteiger partial charge is 0.0992 e. The van der Waals surface area contributed by atoms with Gasteiger partial charge in [0.15, 0.2) is 0 Å². The number of benzene rings is 1. The van der Waals surface area contributed by atoms with Crippen LogP contribution in [0.5, 0.6) is 0 Å². The molecule has 1 aromatic rings. The molecule has 0 spiro atoms. The summed E-state index contributed by atoms with van der Waals surface area (Å²) in [5.41, 5.74) is 2.43. The molecule has 1 N–H and O–H groups in total. The average Bonchev–Trinajstić information content (AvgIpc) is 2.38. The van der Waals surface area contributed by atoms with Gasteiger partial charge in [-0.25, -0.2) is 0 Å². The van der Waals surface area contributed by atoms with Crippen LogP contribution in [0.15, 0.2) is 18.2 Å². The first kappa shape index (κ1) is 12.9. The lowest BCUT2D eigenvalue weighted by molar-refractivity contribution is 0.0984. The van der Waals surface area contributed by atoms with Gasteiger partial charge in [0.25, 0.3) is 0 Å². The van der Waals surface area contributed by atoms with Gasteiger partial charge in [-0.2, -0.15) is 5.26 Å². The predicted molar refractivity (Wildman–Crippen MR) is 69.4 cm³/mol. The summed E-state index contributed by atoms with van der Waals surface area (Å²) in [6.45, 7) is 5.98. The Labute approximate surface area is 107 Å². The van der Waals surface area contributed by atoms with Crippen molar-refractivity contribution in [1.82, 2.24) is 0 Å². The molecule has 0 saturated carbocycles. The summed E-state index contributed by atoms with van der Waals surface area (Å²) in [6.07, 6.45) is -0.539. The van der Waals surface area contributed by atoms with Gasteiger partial charge in [-0.15, -0.1) is 0 Å². The fourth-order valence-corrected chi connectivity index (χ4v) is 2.30. The Morgan fingerprint density at radius 3 is 2.94 bits per heavy atom. The first-order valence-electron chi connectivity index (χ1n) is 6.20. The first-order valence-corrected chi connectivity index (χ1v) is 6.20. The van der Waals surface area contributed by atoms with E-state index in [0.717, 1.165) is 17.8 Å². The van der Waals surface area contributed by atoms with Gasteiger partial charge >= 0.3 is 0 Å². The number of aliphatic hydroxyl groups excluding tert-OH is 1. The molecule has 1 aliphatic rings. The normalized spacial score (nSPS) is 21.4. The molecule has 96 valence electrons. The van der Waals surface area contributed by atoms with Crippen molar-refractivity contribution in [3.8, 4) is 6.07 Å². The van der Waals surface area contributed by atoms with E-state index in [0.29, 0.717) is 18.8 Å². The van der Waals surface area contributed by atoms with Crippen LogP contribution < -0.4 is 4.90 Å². The van der Waals surface area contributed by atoms with Crippen LogP contribution in [-0.4, -0.2) is 30.9 Å². The lowest BCUT2D eigenvalue weighted by Crippen LogP contribution is -2.44. The molecule has 2 unspecified atom stereocenters. The van der Waals surface area contributed by atoms with Crippen molar-refractivity contribution in [2.45, 2.75) is 26.0 Å². The summed E-state index contributed by atoms with van der Waals surface area (Å²) in [5, 5.41) is 18.8. The van der Waals surface area contributed by atoms with E-state index in [9.17, 15) is 5.11 Å². The third-order valence-electron chi connectivity index (χ3n) is 3.29. The minimum atomic E-state index is -0.539. The van der Waals surface area contributed by atoms with Crippen LogP contribution in [0.25, 0.3) is 0 Å². The maximum Gasteiger partial charge on any atom is 0.0992 e. The molecule has 1 heterocycles. The van der Waals surface area contributed by atoms with Crippen LogP contribution in [0.4, 0.5) is 5.69 Å². The molecule has 0 bridgehead atoms. The van der Waals surface area contributed by atoms with E-state index in [2.05, 4.69) is 17.9 Å². The fraction of sp³-hybridized carbons (Fsp3) is 0.500. The van der Waals surface area contributed by atoms with Crippen LogP contribution in [0.2, 0.25) is 0 Å². The van der Waals surface area contributed by atoms with E-state index in [4.69, 9.17) is 10.00 Å². The molecule has 2 rings (SSSR count). The van der Waals surface area contributed by atoms with E-state index in [-0.39, 0.29) is 6.04 Å². The second-order valence-electron chi connectivity index (χ2n) is 4.68. The Hall–Kier alpha value is -1.57. The molecule has 18 heavy (non-hydrogen) atoms. The van der Waals surface area contributed by atoms with Crippen molar-refractivity contribution in [3.05, 3.63) is 29.3 Å². The van der Waals surface area contributed by atoms with E-state index < -0.39 is 6.10 Å². The Kier molecular flexibility index (Phi) is 3.85. The first-order chi connectivity index (χ1) is 8.63. The molecule has 4 nitrogen and oxygen atoms in total. The molecule has 4 heteroatoms. The summed E-state index contributed by atoms with van der Waals surface area (Å²) in [5.74, 6) is 0. The van der Waals surface area contributed by atoms with Gasteiger partial charge in [0, 0.05) is 23.8 Å². The number of aliphatic hydroxyl groups is 1. The number of nitriles is 1. The van der Waals surface area contributed by atoms with E-state index in [1.54, 1.807) is 13.0 Å². The number of nitrogens with zero attached hydrogens (tertiary/aromatic N) is 2. The zero-order valence-corrected chi connectivity index (χ0v) is 10.8. The molecule has 1 saturated heterocycles. The number of anilines is 1. The zero-order chi connectivity index (χ0) is 13.1. The highest BCUT2D eigenvalue weighted by molar-refractivity contribution is 5.59. The summed E-state index contributed by atoms with van der Waals surface area (Å²) >= 11 is 0. The summed E-state index contributed by atoms with van der Waals surface area (Å²) in [7, 11) is 0. The van der Waals surface area contributed by atoms with E-state index in [1.807, 2.05) is 12.1 Å². The molecule has 1 aliphatic heterocycles. The van der Waals surface area contributed by atoms with Crippen LogP contribution in [0, 0.1) is 11.3 Å². The Morgan fingerprint density at radius 2 is 2.33 bits per heavy atom. The minimum Gasteiger partial charge on any atom is -0.389 e. The largest absolute Gasteiger partial charge is 0.389 e. The number of ether oxygens (including phenoxy) is 1. The fourth-order valence-electron chi connectivity index (χ4n) is 2.30. The van der Waals surface area contributed by atoms with Crippen LogP contribution >= 0.6 is 0 Å². The van der Waals surface area contributed by atoms with Crippen LogP contribution in [-0.2, 0) is 4.74 Å². The van der Waals surface area contributed by atoms with Gasteiger partial charge in [0.2, 0.25) is 0 Å². The highest BCUT2D eigenvalue weighted by Crippen LogP contribution is 2.30. The topological polar surface area (TPSA) is 56.5 Å². The third kappa shape index (κ3) is 2.47. The zero-order valence-electron chi connectivity index (χ0n) is 10.8. The van der Waals surface area contributed by atoms with Crippen molar-refractivity contribution in [2.75, 3.05) is 24.7 Å². The number of rotatable bonds is 2. The average molecular weight is 246 g/mol. The van der Waals surface area contributed by atoms with E-state index in [1.165, 1.54) is 0 Å².